The highest BCUT2D eigenvalue weighted by Gasteiger charge is 2.52. The van der Waals surface area contributed by atoms with E-state index >= 15 is 0 Å². The van der Waals surface area contributed by atoms with Gasteiger partial charge in [0.1, 0.15) is 17.2 Å². The fraction of sp³-hybridized carbons (Fsp3) is 0.350. The first-order valence-electron chi connectivity index (χ1n) is 18.1. The van der Waals surface area contributed by atoms with Crippen LogP contribution < -0.4 is 0 Å². The molecule has 55 heavy (non-hydrogen) atoms. The van der Waals surface area contributed by atoms with Crippen LogP contribution in [0.25, 0.3) is 34.1 Å². The summed E-state index contributed by atoms with van der Waals surface area (Å²) in [6.07, 6.45) is 0.932. The molecule has 11 nitrogen and oxygen atoms in total. The molecule has 2 aliphatic rings. The van der Waals surface area contributed by atoms with Gasteiger partial charge in [-0.1, -0.05) is 66.1 Å². The van der Waals surface area contributed by atoms with Crippen molar-refractivity contribution in [3.05, 3.63) is 117 Å². The maximum Gasteiger partial charge on any atom is 0.282 e. The number of fused-ring (bicyclic) bond motifs is 1. The fourth-order valence-corrected chi connectivity index (χ4v) is 7.12. The van der Waals surface area contributed by atoms with Gasteiger partial charge in [-0.2, -0.15) is 20.2 Å². The van der Waals surface area contributed by atoms with Crippen molar-refractivity contribution in [2.24, 2.45) is 0 Å². The first-order chi connectivity index (χ1) is 26.6. The van der Waals surface area contributed by atoms with Crippen molar-refractivity contribution in [2.75, 3.05) is 13.7 Å². The largest absolute Gasteiger partial charge is 0.383 e. The van der Waals surface area contributed by atoms with Crippen molar-refractivity contribution < 1.29 is 27.0 Å². The molecule has 0 spiro atoms. The average Bonchev–Trinajstić information content (AvgIpc) is 3.84. The molecule has 0 amide bonds. The molecule has 0 aliphatic heterocycles. The molecule has 4 heterocycles. The van der Waals surface area contributed by atoms with E-state index in [0.717, 1.165) is 47.7 Å². The predicted octanol–water partition coefficient (Wildman–Crippen LogP) is 9.73. The van der Waals surface area contributed by atoms with Gasteiger partial charge in [0.25, 0.3) is 18.2 Å². The van der Waals surface area contributed by atoms with E-state index in [1.54, 1.807) is 31.4 Å². The number of nitrogens with one attached hydrogen (secondary N) is 1. The number of halogens is 4. The summed E-state index contributed by atoms with van der Waals surface area (Å²) >= 11 is 6.01. The molecule has 7 aromatic rings. The summed E-state index contributed by atoms with van der Waals surface area (Å²) in [5.41, 5.74) is 5.11. The first kappa shape index (κ1) is 38.0. The lowest BCUT2D eigenvalue weighted by Gasteiger charge is -2.14. The smallest absolute Gasteiger partial charge is 0.282 e. The normalized spacial score (nSPS) is 15.0. The van der Waals surface area contributed by atoms with Crippen molar-refractivity contribution >= 4 is 22.5 Å². The zero-order valence-corrected chi connectivity index (χ0v) is 31.8. The van der Waals surface area contributed by atoms with Gasteiger partial charge in [-0.05, 0) is 98.2 Å². The van der Waals surface area contributed by atoms with Gasteiger partial charge < -0.3 is 13.8 Å². The van der Waals surface area contributed by atoms with Gasteiger partial charge in [0.05, 0.1) is 29.5 Å². The Morgan fingerprint density at radius 3 is 2.18 bits per heavy atom. The van der Waals surface area contributed by atoms with E-state index in [0.29, 0.717) is 47.1 Å². The minimum atomic E-state index is -2.67. The average molecular weight is 773 g/mol. The molecule has 2 fully saturated rings. The van der Waals surface area contributed by atoms with E-state index in [1.165, 1.54) is 27.9 Å². The van der Waals surface area contributed by atoms with Gasteiger partial charge in [-0.15, -0.1) is 0 Å². The maximum absolute atomic E-state index is 13.8. The number of benzene rings is 3. The molecule has 0 unspecified atom stereocenters. The fourth-order valence-electron chi connectivity index (χ4n) is 6.95. The molecule has 286 valence electrons. The van der Waals surface area contributed by atoms with Crippen LogP contribution in [0.2, 0.25) is 5.02 Å². The number of alkyl halides is 2. The van der Waals surface area contributed by atoms with Crippen LogP contribution in [0, 0.1) is 19.7 Å². The lowest BCUT2D eigenvalue weighted by atomic mass is 9.91. The molecular weight excluding hydrogens is 733 g/mol. The molecule has 2 aliphatic carbocycles. The van der Waals surface area contributed by atoms with Crippen LogP contribution >= 0.6 is 11.6 Å². The van der Waals surface area contributed by atoms with E-state index in [-0.39, 0.29) is 28.2 Å². The number of aryl methyl sites for hydroxylation is 2. The van der Waals surface area contributed by atoms with Crippen molar-refractivity contribution in [3.63, 3.8) is 0 Å². The molecule has 0 radical (unpaired) electrons. The summed E-state index contributed by atoms with van der Waals surface area (Å²) in [5.74, 6) is 1.45. The number of aromatic amines is 1. The summed E-state index contributed by atoms with van der Waals surface area (Å²) in [4.78, 5) is 9.14. The lowest BCUT2D eigenvalue weighted by Crippen LogP contribution is -2.13. The third kappa shape index (κ3) is 7.28. The topological polar surface area (TPSA) is 134 Å². The second-order valence-electron chi connectivity index (χ2n) is 13.5. The van der Waals surface area contributed by atoms with E-state index in [2.05, 4.69) is 54.6 Å². The summed E-state index contributed by atoms with van der Waals surface area (Å²) in [6, 6.07) is 19.7. The van der Waals surface area contributed by atoms with Crippen LogP contribution in [-0.2, 0) is 22.1 Å². The van der Waals surface area contributed by atoms with E-state index in [1.807, 2.05) is 39.0 Å². The maximum atomic E-state index is 13.8. The first-order valence-corrected chi connectivity index (χ1v) is 18.5. The zero-order chi connectivity index (χ0) is 38.9. The molecule has 3 aromatic carbocycles. The Hall–Kier alpha value is -5.34. The van der Waals surface area contributed by atoms with Gasteiger partial charge in [0.15, 0.2) is 17.3 Å². The SMILES string of the molecule is CC.COCCn1nc(C(F)F)cc1-c1nc(C2(c3ccccc3C)CC2)no1.Cc1ccc(F)cc1C1(c2noc(-c3n[nH]c4cc(Cl)ccc34)n2)CC1. The molecule has 0 bridgehead atoms. The highest BCUT2D eigenvalue weighted by molar-refractivity contribution is 6.31. The van der Waals surface area contributed by atoms with Crippen LogP contribution in [0.5, 0.6) is 0 Å². The second kappa shape index (κ2) is 15.4. The summed E-state index contributed by atoms with van der Waals surface area (Å²) in [6.45, 7) is 8.69. The van der Waals surface area contributed by atoms with Crippen LogP contribution in [0.15, 0.2) is 75.8 Å². The van der Waals surface area contributed by atoms with Gasteiger partial charge in [0, 0.05) is 17.5 Å². The molecular formula is C40H40ClF3N8O3. The Morgan fingerprint density at radius 2 is 1.51 bits per heavy atom. The molecule has 4 aromatic heterocycles. The van der Waals surface area contributed by atoms with Crippen LogP contribution in [0.1, 0.15) is 85.6 Å². The Balaban J connectivity index is 0.000000162. The predicted molar refractivity (Wildman–Crippen MR) is 200 cm³/mol. The number of ether oxygens (including phenoxy) is 1. The minimum Gasteiger partial charge on any atom is -0.383 e. The summed E-state index contributed by atoms with van der Waals surface area (Å²) in [7, 11) is 1.54. The van der Waals surface area contributed by atoms with Crippen molar-refractivity contribution in [1.29, 1.82) is 0 Å². The molecule has 2 saturated carbocycles. The molecule has 1 N–H and O–H groups in total. The number of nitrogens with zero attached hydrogens (tertiary/aromatic N) is 7. The molecule has 0 saturated heterocycles. The number of hydrogen-bond acceptors (Lipinski definition) is 9. The van der Waals surface area contributed by atoms with Crippen molar-refractivity contribution in [3.8, 4) is 23.2 Å². The number of methoxy groups -OCH3 is 1. The van der Waals surface area contributed by atoms with E-state index in [9.17, 15) is 13.2 Å². The Bertz CT molecular complexity index is 2430. The number of hydrogen-bond donors (Lipinski definition) is 1. The third-order valence-corrected chi connectivity index (χ3v) is 10.3. The highest BCUT2D eigenvalue weighted by atomic mass is 35.5. The Labute approximate surface area is 320 Å². The second-order valence-corrected chi connectivity index (χ2v) is 14.0. The van der Waals surface area contributed by atoms with Crippen LogP contribution in [0.4, 0.5) is 13.2 Å². The number of aromatic nitrogens is 8. The minimum absolute atomic E-state index is 0.195. The van der Waals surface area contributed by atoms with Gasteiger partial charge in [-0.25, -0.2) is 13.2 Å². The van der Waals surface area contributed by atoms with Crippen molar-refractivity contribution in [2.45, 2.75) is 77.2 Å². The quantitative estimate of drug-likeness (QED) is 0.144. The van der Waals surface area contributed by atoms with Crippen LogP contribution in [0.3, 0.4) is 0 Å². The lowest BCUT2D eigenvalue weighted by molar-refractivity contribution is 0.143. The number of H-pyrrole nitrogens is 1. The number of rotatable bonds is 10. The van der Waals surface area contributed by atoms with E-state index in [4.69, 9.17) is 25.4 Å². The van der Waals surface area contributed by atoms with Crippen LogP contribution in [-0.4, -0.2) is 54.0 Å². The monoisotopic (exact) mass is 772 g/mol. The third-order valence-electron chi connectivity index (χ3n) is 10.1. The zero-order valence-electron chi connectivity index (χ0n) is 31.0. The van der Waals surface area contributed by atoms with E-state index < -0.39 is 6.43 Å². The standard InChI is InChI=1S/C19H14ClFN4O.C19H20F2N4O2.C2H6/c1-10-2-4-12(21)9-14(10)19(6-7-19)18-22-17(26-25-18)16-13-5-3-11(20)8-15(13)23-24-16;1-12-5-3-4-6-13(12)19(7-8-19)18-22-17(27-24-18)15-11-14(16(20)21)23-25(15)9-10-26-2;1-2/h2-5,8-9H,6-7H2,1H3,(H,23,24);3-6,11,16H,7-10H2,1-2H3;1-2H3. The summed E-state index contributed by atoms with van der Waals surface area (Å²) < 4.78 is 57.4. The molecule has 15 heteroatoms. The van der Waals surface area contributed by atoms with Gasteiger partial charge >= 0.3 is 0 Å². The molecule has 9 rings (SSSR count). The van der Waals surface area contributed by atoms with Crippen molar-refractivity contribution in [1.82, 2.24) is 40.3 Å². The molecule has 0 atom stereocenters. The Kier molecular flexibility index (Phi) is 10.6. The Morgan fingerprint density at radius 1 is 0.855 bits per heavy atom. The summed E-state index contributed by atoms with van der Waals surface area (Å²) in [5, 5.41) is 21.0. The highest BCUT2D eigenvalue weighted by Crippen LogP contribution is 2.54. The van der Waals surface area contributed by atoms with Gasteiger partial charge in [-0.3, -0.25) is 9.78 Å². The van der Waals surface area contributed by atoms with Gasteiger partial charge in [0.2, 0.25) is 0 Å².